The van der Waals surface area contributed by atoms with Crippen molar-refractivity contribution in [3.05, 3.63) is 23.3 Å². The van der Waals surface area contributed by atoms with E-state index in [0.29, 0.717) is 17.9 Å². The number of nitrogens with one attached hydrogen (secondary N) is 1. The summed E-state index contributed by atoms with van der Waals surface area (Å²) >= 11 is 0. The molecule has 1 rings (SSSR count). The third kappa shape index (κ3) is 2.65. The van der Waals surface area contributed by atoms with Gasteiger partial charge in [0.05, 0.1) is 13.2 Å². The van der Waals surface area contributed by atoms with Crippen LogP contribution in [0.5, 0.6) is 11.5 Å². The van der Waals surface area contributed by atoms with E-state index in [0.717, 1.165) is 12.0 Å². The smallest absolute Gasteiger partial charge is 0.163 e. The Morgan fingerprint density at radius 2 is 2.12 bits per heavy atom. The Labute approximate surface area is 95.9 Å². The summed E-state index contributed by atoms with van der Waals surface area (Å²) in [6, 6.07) is 3.59. The zero-order valence-corrected chi connectivity index (χ0v) is 9.95. The first-order valence-electron chi connectivity index (χ1n) is 5.36. The number of aliphatic hydroxyl groups is 1. The Bertz CT molecular complexity index is 352. The zero-order valence-electron chi connectivity index (χ0n) is 9.95. The fraction of sp³-hybridized carbons (Fsp3) is 0.500. The summed E-state index contributed by atoms with van der Waals surface area (Å²) in [6.45, 7) is 2.41. The number of ether oxygens (including phenoxy) is 1. The molecule has 4 nitrogen and oxygen atoms in total. The molecule has 0 aliphatic heterocycles. The van der Waals surface area contributed by atoms with Gasteiger partial charge in [-0.05, 0) is 31.2 Å². The molecule has 90 valence electrons. The number of aryl methyl sites for hydroxylation is 1. The SMILES string of the molecule is CCc1cc(OC)c(O)c(C(O)CNC)c1. The predicted octanol–water partition coefficient (Wildman–Crippen LogP) is 1.22. The summed E-state index contributed by atoms with van der Waals surface area (Å²) in [5, 5.41) is 22.6. The van der Waals surface area contributed by atoms with Gasteiger partial charge in [0.2, 0.25) is 0 Å². The molecular weight excluding hydrogens is 206 g/mol. The molecule has 0 aliphatic carbocycles. The van der Waals surface area contributed by atoms with Gasteiger partial charge >= 0.3 is 0 Å². The van der Waals surface area contributed by atoms with E-state index in [1.165, 1.54) is 7.11 Å². The number of likely N-dealkylation sites (N-methyl/N-ethyl adjacent to an activating group) is 1. The highest BCUT2D eigenvalue weighted by Crippen LogP contribution is 2.35. The molecule has 0 saturated heterocycles. The first kappa shape index (κ1) is 12.8. The first-order chi connectivity index (χ1) is 7.63. The van der Waals surface area contributed by atoms with Gasteiger partial charge in [-0.1, -0.05) is 6.92 Å². The number of benzene rings is 1. The summed E-state index contributed by atoms with van der Waals surface area (Å²) in [5.74, 6) is 0.423. The highest BCUT2D eigenvalue weighted by atomic mass is 16.5. The van der Waals surface area contributed by atoms with E-state index >= 15 is 0 Å². The first-order valence-corrected chi connectivity index (χ1v) is 5.36. The lowest BCUT2D eigenvalue weighted by Crippen LogP contribution is -2.17. The van der Waals surface area contributed by atoms with Gasteiger partial charge in [0.15, 0.2) is 11.5 Å². The molecule has 0 fully saturated rings. The van der Waals surface area contributed by atoms with Crippen molar-refractivity contribution in [2.45, 2.75) is 19.4 Å². The lowest BCUT2D eigenvalue weighted by Gasteiger charge is -2.16. The van der Waals surface area contributed by atoms with E-state index in [4.69, 9.17) is 4.74 Å². The van der Waals surface area contributed by atoms with Gasteiger partial charge in [-0.25, -0.2) is 0 Å². The van der Waals surface area contributed by atoms with Crippen molar-refractivity contribution in [3.63, 3.8) is 0 Å². The number of aliphatic hydroxyl groups excluding tert-OH is 1. The molecule has 0 saturated carbocycles. The van der Waals surface area contributed by atoms with Crippen LogP contribution in [0.1, 0.15) is 24.2 Å². The highest BCUT2D eigenvalue weighted by Gasteiger charge is 2.16. The zero-order chi connectivity index (χ0) is 12.1. The maximum atomic E-state index is 9.89. The van der Waals surface area contributed by atoms with E-state index in [1.54, 1.807) is 19.2 Å². The minimum atomic E-state index is -0.731. The standard InChI is InChI=1S/C12H19NO3/c1-4-8-5-9(10(14)7-13-2)12(15)11(6-8)16-3/h5-6,10,13-15H,4,7H2,1-3H3. The molecule has 0 amide bonds. The number of phenolic OH excluding ortho intramolecular Hbond substituents is 1. The second-order valence-electron chi connectivity index (χ2n) is 3.66. The van der Waals surface area contributed by atoms with Gasteiger partial charge in [-0.2, -0.15) is 0 Å². The molecule has 3 N–H and O–H groups in total. The van der Waals surface area contributed by atoms with Crippen LogP contribution in [-0.4, -0.2) is 30.9 Å². The van der Waals surface area contributed by atoms with E-state index in [-0.39, 0.29) is 5.75 Å². The van der Waals surface area contributed by atoms with Crippen LogP contribution in [0.3, 0.4) is 0 Å². The average molecular weight is 225 g/mol. The molecule has 1 unspecified atom stereocenters. The number of hydrogen-bond acceptors (Lipinski definition) is 4. The van der Waals surface area contributed by atoms with Crippen LogP contribution in [0.2, 0.25) is 0 Å². The van der Waals surface area contributed by atoms with Crippen LogP contribution < -0.4 is 10.1 Å². The predicted molar refractivity (Wildman–Crippen MR) is 62.9 cm³/mol. The van der Waals surface area contributed by atoms with Crippen molar-refractivity contribution in [2.75, 3.05) is 20.7 Å². The number of hydrogen-bond donors (Lipinski definition) is 3. The van der Waals surface area contributed by atoms with Crippen LogP contribution >= 0.6 is 0 Å². The summed E-state index contributed by atoms with van der Waals surface area (Å²) in [6.07, 6.45) is 0.0982. The van der Waals surface area contributed by atoms with E-state index < -0.39 is 6.10 Å². The van der Waals surface area contributed by atoms with Crippen LogP contribution in [-0.2, 0) is 6.42 Å². The Morgan fingerprint density at radius 1 is 1.44 bits per heavy atom. The lowest BCUT2D eigenvalue weighted by molar-refractivity contribution is 0.173. The number of rotatable bonds is 5. The Morgan fingerprint density at radius 3 is 2.62 bits per heavy atom. The molecule has 0 aromatic heterocycles. The van der Waals surface area contributed by atoms with Gasteiger partial charge in [0, 0.05) is 12.1 Å². The second-order valence-corrected chi connectivity index (χ2v) is 3.66. The minimum absolute atomic E-state index is 0.0162. The quantitative estimate of drug-likeness (QED) is 0.705. The van der Waals surface area contributed by atoms with Crippen molar-refractivity contribution in [2.24, 2.45) is 0 Å². The number of aromatic hydroxyl groups is 1. The molecule has 0 bridgehead atoms. The van der Waals surface area contributed by atoms with Gasteiger partial charge in [-0.15, -0.1) is 0 Å². The lowest BCUT2D eigenvalue weighted by atomic mass is 10.0. The highest BCUT2D eigenvalue weighted by molar-refractivity contribution is 5.49. The number of phenols is 1. The summed E-state index contributed by atoms with van der Waals surface area (Å²) in [7, 11) is 3.25. The van der Waals surface area contributed by atoms with Crippen molar-refractivity contribution in [3.8, 4) is 11.5 Å². The van der Waals surface area contributed by atoms with Crippen molar-refractivity contribution < 1.29 is 14.9 Å². The maximum Gasteiger partial charge on any atom is 0.163 e. The second kappa shape index (κ2) is 5.72. The molecule has 0 heterocycles. The maximum absolute atomic E-state index is 9.89. The molecule has 16 heavy (non-hydrogen) atoms. The van der Waals surface area contributed by atoms with Crippen LogP contribution in [0.25, 0.3) is 0 Å². The van der Waals surface area contributed by atoms with Crippen LogP contribution in [0.4, 0.5) is 0 Å². The van der Waals surface area contributed by atoms with Gasteiger partial charge in [0.1, 0.15) is 0 Å². The van der Waals surface area contributed by atoms with Crippen molar-refractivity contribution >= 4 is 0 Å². The van der Waals surface area contributed by atoms with E-state index in [1.807, 2.05) is 6.92 Å². The number of methoxy groups -OCH3 is 1. The fourth-order valence-electron chi connectivity index (χ4n) is 1.61. The monoisotopic (exact) mass is 225 g/mol. The molecule has 0 radical (unpaired) electrons. The Kier molecular flexibility index (Phi) is 4.58. The van der Waals surface area contributed by atoms with Gasteiger partial charge < -0.3 is 20.3 Å². The molecule has 0 aliphatic rings. The van der Waals surface area contributed by atoms with Crippen molar-refractivity contribution in [1.29, 1.82) is 0 Å². The third-order valence-corrected chi connectivity index (χ3v) is 2.55. The molecule has 4 heteroatoms. The third-order valence-electron chi connectivity index (χ3n) is 2.55. The molecule has 0 spiro atoms. The van der Waals surface area contributed by atoms with Crippen molar-refractivity contribution in [1.82, 2.24) is 5.32 Å². The topological polar surface area (TPSA) is 61.7 Å². The summed E-state index contributed by atoms with van der Waals surface area (Å²) in [5.41, 5.74) is 1.53. The molecule has 1 aromatic rings. The minimum Gasteiger partial charge on any atom is -0.504 e. The van der Waals surface area contributed by atoms with E-state index in [9.17, 15) is 10.2 Å². The molecular formula is C12H19NO3. The van der Waals surface area contributed by atoms with Gasteiger partial charge in [-0.3, -0.25) is 0 Å². The summed E-state index contributed by atoms with van der Waals surface area (Å²) < 4.78 is 5.07. The Balaban J connectivity index is 3.15. The summed E-state index contributed by atoms with van der Waals surface area (Å²) in [4.78, 5) is 0. The normalized spacial score (nSPS) is 12.5. The Hall–Kier alpha value is -1.26. The van der Waals surface area contributed by atoms with E-state index in [2.05, 4.69) is 5.32 Å². The fourth-order valence-corrected chi connectivity index (χ4v) is 1.61. The molecule has 1 atom stereocenters. The van der Waals surface area contributed by atoms with Crippen LogP contribution in [0.15, 0.2) is 12.1 Å². The largest absolute Gasteiger partial charge is 0.504 e. The van der Waals surface area contributed by atoms with Gasteiger partial charge in [0.25, 0.3) is 0 Å². The molecule has 1 aromatic carbocycles. The van der Waals surface area contributed by atoms with Crippen LogP contribution in [0, 0.1) is 0 Å². The average Bonchev–Trinajstić information content (AvgIpc) is 2.29.